The average molecular weight is 927 g/mol. The molecule has 0 aliphatic heterocycles. The lowest BCUT2D eigenvalue weighted by Crippen LogP contribution is -2.12. The molecule has 72 heavy (non-hydrogen) atoms. The maximum atomic E-state index is 14.4. The highest BCUT2D eigenvalue weighted by Gasteiger charge is 2.24. The zero-order chi connectivity index (χ0) is 48.7. The normalized spacial score (nSPS) is 11.2. The van der Waals surface area contributed by atoms with Crippen molar-refractivity contribution in [2.45, 2.75) is 0 Å². The van der Waals surface area contributed by atoms with Gasteiger partial charge in [-0.15, -0.1) is 0 Å². The predicted molar refractivity (Wildman–Crippen MR) is 292 cm³/mol. The Morgan fingerprint density at radius 3 is 1.12 bits per heavy atom. The van der Waals surface area contributed by atoms with E-state index in [0.717, 1.165) is 111 Å². The van der Waals surface area contributed by atoms with E-state index in [0.29, 0.717) is 11.3 Å². The minimum Gasteiger partial charge on any atom is -0.310 e. The molecular formula is C66H40F2N4. The maximum absolute atomic E-state index is 14.4. The van der Waals surface area contributed by atoms with E-state index in [1.807, 2.05) is 109 Å². The lowest BCUT2D eigenvalue weighted by Gasteiger charge is -2.30. The summed E-state index contributed by atoms with van der Waals surface area (Å²) in [5.74, 6) is -0.599. The molecule has 0 spiro atoms. The SMILES string of the molecule is [C-]#[N+]c1ccc(N(c2cc(-c3ccccc3)cc(-c3ccc(F)cc3)c2)c2ccc3ccc4c(N(c5ccc(C#N)cc5)c5cc(-c6ccccc6)cc(-c6ccc(F)cc6)c5)ccc5ccc2c3c54)cc1. The Morgan fingerprint density at radius 1 is 0.361 bits per heavy atom. The quantitative estimate of drug-likeness (QED) is 0.101. The second-order valence-corrected chi connectivity index (χ2v) is 17.8. The van der Waals surface area contributed by atoms with Crippen molar-refractivity contribution in [1.29, 1.82) is 5.26 Å². The fourth-order valence-corrected chi connectivity index (χ4v) is 10.1. The summed E-state index contributed by atoms with van der Waals surface area (Å²) in [4.78, 5) is 8.24. The molecule has 0 N–H and O–H groups in total. The largest absolute Gasteiger partial charge is 0.310 e. The van der Waals surface area contributed by atoms with E-state index >= 15 is 0 Å². The number of hydrogen-bond donors (Lipinski definition) is 0. The molecule has 12 aromatic carbocycles. The highest BCUT2D eigenvalue weighted by Crippen LogP contribution is 2.49. The van der Waals surface area contributed by atoms with E-state index < -0.39 is 0 Å². The topological polar surface area (TPSA) is 34.6 Å². The third-order valence-corrected chi connectivity index (χ3v) is 13.5. The number of anilines is 6. The predicted octanol–water partition coefficient (Wildman–Crippen LogP) is 18.9. The number of hydrogen-bond acceptors (Lipinski definition) is 3. The van der Waals surface area contributed by atoms with Gasteiger partial charge in [-0.3, -0.25) is 0 Å². The van der Waals surface area contributed by atoms with E-state index in [1.165, 1.54) is 24.3 Å². The molecule has 6 heteroatoms. The van der Waals surface area contributed by atoms with Crippen molar-refractivity contribution in [3.8, 4) is 50.6 Å². The molecule has 0 aromatic heterocycles. The summed E-state index contributed by atoms with van der Waals surface area (Å²) < 4.78 is 28.7. The highest BCUT2D eigenvalue weighted by molar-refractivity contribution is 6.28. The Kier molecular flexibility index (Phi) is 11.0. The summed E-state index contributed by atoms with van der Waals surface area (Å²) in [7, 11) is 0. The fraction of sp³-hybridized carbons (Fsp3) is 0. The Bertz CT molecular complexity index is 3780. The van der Waals surface area contributed by atoms with Gasteiger partial charge in [-0.05, 0) is 175 Å². The van der Waals surface area contributed by atoms with Gasteiger partial charge in [0.25, 0.3) is 0 Å². The van der Waals surface area contributed by atoms with Crippen molar-refractivity contribution in [3.05, 3.63) is 271 Å². The first-order valence-corrected chi connectivity index (χ1v) is 23.6. The van der Waals surface area contributed by atoms with Crippen LogP contribution in [0.15, 0.2) is 243 Å². The standard InChI is InChI=1S/C66H40F2N4/c1-70-56-26-30-58(31-27-56)72(60-39-51(45-10-6-3-7-11-45)37-53(41-60)47-16-24-55(68)25-17-47)64-35-21-49-18-32-61-63(34-20-48-19-33-62(64)66(49)65(48)61)71(57-28-12-43(42-69)13-29-57)59-38-50(44-8-4-2-5-9-44)36-52(40-59)46-14-22-54(67)23-15-46/h2-41H. The maximum Gasteiger partial charge on any atom is 0.187 e. The van der Waals surface area contributed by atoms with Crippen molar-refractivity contribution in [3.63, 3.8) is 0 Å². The van der Waals surface area contributed by atoms with Crippen LogP contribution < -0.4 is 9.80 Å². The summed E-state index contributed by atoms with van der Waals surface area (Å²) >= 11 is 0. The fourth-order valence-electron chi connectivity index (χ4n) is 10.1. The summed E-state index contributed by atoms with van der Waals surface area (Å²) in [5.41, 5.74) is 14.2. The van der Waals surface area contributed by atoms with E-state index in [-0.39, 0.29) is 11.6 Å². The van der Waals surface area contributed by atoms with Gasteiger partial charge in [0.2, 0.25) is 0 Å². The first-order chi connectivity index (χ1) is 35.4. The Labute approximate surface area is 415 Å². The second-order valence-electron chi connectivity index (χ2n) is 17.8. The molecule has 0 saturated heterocycles. The van der Waals surface area contributed by atoms with Gasteiger partial charge in [0.15, 0.2) is 5.69 Å². The summed E-state index contributed by atoms with van der Waals surface area (Å²) in [6.45, 7) is 7.78. The minimum absolute atomic E-state index is 0.299. The van der Waals surface area contributed by atoms with Crippen LogP contribution in [0.1, 0.15) is 5.56 Å². The third-order valence-electron chi connectivity index (χ3n) is 13.5. The van der Waals surface area contributed by atoms with Gasteiger partial charge in [-0.1, -0.05) is 133 Å². The summed E-state index contributed by atoms with van der Waals surface area (Å²) in [6.07, 6.45) is 0. The van der Waals surface area contributed by atoms with Crippen molar-refractivity contribution < 1.29 is 8.78 Å². The van der Waals surface area contributed by atoms with Crippen LogP contribution in [0.3, 0.4) is 0 Å². The van der Waals surface area contributed by atoms with Crippen LogP contribution in [0.25, 0.3) is 81.7 Å². The molecular weight excluding hydrogens is 887 g/mol. The molecule has 0 fully saturated rings. The molecule has 12 rings (SSSR count). The molecule has 338 valence electrons. The molecule has 0 unspecified atom stereocenters. The zero-order valence-corrected chi connectivity index (χ0v) is 38.6. The van der Waals surface area contributed by atoms with Gasteiger partial charge in [-0.2, -0.15) is 5.26 Å². The van der Waals surface area contributed by atoms with Gasteiger partial charge in [0, 0.05) is 33.5 Å². The molecule has 0 atom stereocenters. The van der Waals surface area contributed by atoms with Crippen molar-refractivity contribution in [2.24, 2.45) is 0 Å². The van der Waals surface area contributed by atoms with Gasteiger partial charge >= 0.3 is 0 Å². The number of benzene rings is 12. The minimum atomic E-state index is -0.300. The molecule has 0 aliphatic rings. The molecule has 0 amide bonds. The third kappa shape index (κ3) is 7.99. The number of nitrogens with zero attached hydrogens (tertiary/aromatic N) is 4. The number of halogens is 2. The van der Waals surface area contributed by atoms with E-state index in [1.54, 1.807) is 0 Å². The van der Waals surface area contributed by atoms with Crippen molar-refractivity contribution >= 4 is 72.1 Å². The molecule has 12 aromatic rings. The average Bonchev–Trinajstić information content (AvgIpc) is 3.44. The highest BCUT2D eigenvalue weighted by atomic mass is 19.1. The Morgan fingerprint density at radius 2 is 0.736 bits per heavy atom. The number of rotatable bonds is 10. The summed E-state index contributed by atoms with van der Waals surface area (Å²) in [6, 6.07) is 81.9. The van der Waals surface area contributed by atoms with E-state index in [4.69, 9.17) is 6.57 Å². The monoisotopic (exact) mass is 926 g/mol. The van der Waals surface area contributed by atoms with Crippen molar-refractivity contribution in [2.75, 3.05) is 9.80 Å². The Balaban J connectivity index is 1.10. The van der Waals surface area contributed by atoms with Gasteiger partial charge in [-0.25, -0.2) is 13.6 Å². The van der Waals surface area contributed by atoms with Crippen LogP contribution in [0.2, 0.25) is 0 Å². The van der Waals surface area contributed by atoms with Crippen LogP contribution in [-0.4, -0.2) is 0 Å². The molecule has 0 aliphatic carbocycles. The molecule has 0 bridgehead atoms. The van der Waals surface area contributed by atoms with E-state index in [2.05, 4.69) is 130 Å². The van der Waals surface area contributed by atoms with Crippen LogP contribution in [-0.2, 0) is 0 Å². The first kappa shape index (κ1) is 43.4. The molecule has 0 radical (unpaired) electrons. The van der Waals surface area contributed by atoms with Gasteiger partial charge in [0.05, 0.1) is 29.6 Å². The smallest absolute Gasteiger partial charge is 0.187 e. The lowest BCUT2D eigenvalue weighted by atomic mass is 9.91. The Hall–Kier alpha value is -9.88. The van der Waals surface area contributed by atoms with Crippen LogP contribution in [0, 0.1) is 29.5 Å². The molecule has 4 nitrogen and oxygen atoms in total. The zero-order valence-electron chi connectivity index (χ0n) is 38.6. The molecule has 0 saturated carbocycles. The molecule has 0 heterocycles. The second kappa shape index (κ2) is 18.2. The van der Waals surface area contributed by atoms with Crippen LogP contribution in [0.4, 0.5) is 48.6 Å². The first-order valence-electron chi connectivity index (χ1n) is 23.6. The van der Waals surface area contributed by atoms with Crippen molar-refractivity contribution in [1.82, 2.24) is 0 Å². The van der Waals surface area contributed by atoms with Crippen LogP contribution in [0.5, 0.6) is 0 Å². The van der Waals surface area contributed by atoms with Gasteiger partial charge in [0.1, 0.15) is 11.6 Å². The summed E-state index contributed by atoms with van der Waals surface area (Å²) in [5, 5.41) is 16.3. The lowest BCUT2D eigenvalue weighted by molar-refractivity contribution is 0.627. The van der Waals surface area contributed by atoms with E-state index in [9.17, 15) is 14.0 Å². The van der Waals surface area contributed by atoms with Crippen LogP contribution >= 0.6 is 0 Å². The number of nitriles is 1. The van der Waals surface area contributed by atoms with Gasteiger partial charge < -0.3 is 9.80 Å².